The number of pyridine rings is 1. The lowest BCUT2D eigenvalue weighted by Crippen LogP contribution is -2.18. The quantitative estimate of drug-likeness (QED) is 0.311. The molecule has 0 saturated carbocycles. The molecule has 0 aliphatic heterocycles. The van der Waals surface area contributed by atoms with E-state index in [4.69, 9.17) is 15.9 Å². The minimum Gasteiger partial charge on any atom is -0.493 e. The minimum atomic E-state index is -0.610. The second-order valence-corrected chi connectivity index (χ2v) is 5.74. The molecule has 10 heteroatoms. The van der Waals surface area contributed by atoms with E-state index in [-0.39, 0.29) is 18.0 Å². The van der Waals surface area contributed by atoms with E-state index in [1.807, 2.05) is 0 Å². The highest BCUT2D eigenvalue weighted by Crippen LogP contribution is 2.36. The number of carbonyl (C=O) groups is 1. The molecule has 0 aliphatic rings. The number of nitrogens with one attached hydrogen (secondary N) is 1. The molecule has 0 atom stereocenters. The fraction of sp³-hybridized carbons (Fsp3) is 0.118. The van der Waals surface area contributed by atoms with Crippen LogP contribution in [0.5, 0.6) is 11.5 Å². The van der Waals surface area contributed by atoms with E-state index in [9.17, 15) is 14.9 Å². The van der Waals surface area contributed by atoms with Gasteiger partial charge in [-0.1, -0.05) is 5.92 Å². The number of rotatable bonds is 7. The van der Waals surface area contributed by atoms with Crippen molar-refractivity contribution in [3.05, 3.63) is 56.3 Å². The highest BCUT2D eigenvalue weighted by atomic mass is 79.9. The molecule has 0 unspecified atom stereocenters. The SMILES string of the molecule is C#CCOc1c(Br)cc(/C=N/NC(=O)c2ccc([N+](=O)[O-])cn2)cc1OC. The topological polar surface area (TPSA) is 116 Å². The first-order valence-corrected chi connectivity index (χ1v) is 8.13. The monoisotopic (exact) mass is 432 g/mol. The van der Waals surface area contributed by atoms with Crippen LogP contribution in [0.4, 0.5) is 5.69 Å². The zero-order chi connectivity index (χ0) is 19.8. The van der Waals surface area contributed by atoms with Crippen molar-refractivity contribution in [1.29, 1.82) is 0 Å². The fourth-order valence-corrected chi connectivity index (χ4v) is 2.49. The lowest BCUT2D eigenvalue weighted by atomic mass is 10.2. The average molecular weight is 433 g/mol. The molecule has 0 aliphatic carbocycles. The van der Waals surface area contributed by atoms with Gasteiger partial charge in [0.1, 0.15) is 18.5 Å². The third-order valence-corrected chi connectivity index (χ3v) is 3.71. The molecule has 2 rings (SSSR count). The molecule has 1 amide bonds. The van der Waals surface area contributed by atoms with Crippen LogP contribution in [-0.4, -0.2) is 35.7 Å². The Bertz CT molecular complexity index is 922. The van der Waals surface area contributed by atoms with E-state index in [1.165, 1.54) is 25.5 Å². The average Bonchev–Trinajstić information content (AvgIpc) is 2.66. The third kappa shape index (κ3) is 5.26. The first kappa shape index (κ1) is 19.9. The number of hydrazone groups is 1. The van der Waals surface area contributed by atoms with Gasteiger partial charge in [-0.05, 0) is 39.7 Å². The molecule has 1 aromatic carbocycles. The molecule has 1 heterocycles. The number of benzene rings is 1. The summed E-state index contributed by atoms with van der Waals surface area (Å²) < 4.78 is 11.3. The van der Waals surface area contributed by atoms with Crippen molar-refractivity contribution >= 4 is 33.7 Å². The molecule has 0 bridgehead atoms. The van der Waals surface area contributed by atoms with Crippen LogP contribution in [0.2, 0.25) is 0 Å². The number of aromatic nitrogens is 1. The Kier molecular flexibility index (Phi) is 6.85. The highest BCUT2D eigenvalue weighted by Gasteiger charge is 2.12. The standard InChI is InChI=1S/C17H13BrN4O5/c1-3-6-27-16-13(18)7-11(8-15(16)26-2)9-20-21-17(23)14-5-4-12(10-19-14)22(24)25/h1,4-5,7-10H,6H2,2H3,(H,21,23)/b20-9+. The van der Waals surface area contributed by atoms with Gasteiger partial charge in [0.05, 0.1) is 22.7 Å². The van der Waals surface area contributed by atoms with Crippen LogP contribution in [0, 0.1) is 22.5 Å². The van der Waals surface area contributed by atoms with Crippen LogP contribution < -0.4 is 14.9 Å². The zero-order valence-electron chi connectivity index (χ0n) is 14.0. The number of halogens is 1. The van der Waals surface area contributed by atoms with Crippen LogP contribution in [0.15, 0.2) is 40.0 Å². The smallest absolute Gasteiger partial charge is 0.289 e. The van der Waals surface area contributed by atoms with Gasteiger partial charge in [-0.15, -0.1) is 6.42 Å². The molecule has 1 aromatic heterocycles. The number of ether oxygens (including phenoxy) is 2. The van der Waals surface area contributed by atoms with Crippen molar-refractivity contribution in [2.45, 2.75) is 0 Å². The third-order valence-electron chi connectivity index (χ3n) is 3.12. The molecular weight excluding hydrogens is 420 g/mol. The van der Waals surface area contributed by atoms with Gasteiger partial charge in [0, 0.05) is 6.07 Å². The number of nitro groups is 1. The second kappa shape index (κ2) is 9.30. The van der Waals surface area contributed by atoms with Gasteiger partial charge < -0.3 is 9.47 Å². The lowest BCUT2D eigenvalue weighted by Gasteiger charge is -2.11. The zero-order valence-corrected chi connectivity index (χ0v) is 15.6. The Hall–Kier alpha value is -3.45. The lowest BCUT2D eigenvalue weighted by molar-refractivity contribution is -0.385. The normalized spacial score (nSPS) is 10.3. The van der Waals surface area contributed by atoms with Crippen molar-refractivity contribution in [3.63, 3.8) is 0 Å². The molecule has 0 fully saturated rings. The maximum Gasteiger partial charge on any atom is 0.289 e. The predicted molar refractivity (Wildman–Crippen MR) is 101 cm³/mol. The molecule has 2 aromatic rings. The van der Waals surface area contributed by atoms with E-state index in [0.29, 0.717) is 21.5 Å². The van der Waals surface area contributed by atoms with Crippen LogP contribution in [0.3, 0.4) is 0 Å². The van der Waals surface area contributed by atoms with Crippen LogP contribution in [0.1, 0.15) is 16.1 Å². The summed E-state index contributed by atoms with van der Waals surface area (Å²) in [6, 6.07) is 5.77. The van der Waals surface area contributed by atoms with Gasteiger partial charge in [-0.2, -0.15) is 5.10 Å². The summed E-state index contributed by atoms with van der Waals surface area (Å²) >= 11 is 3.36. The first-order chi connectivity index (χ1) is 13.0. The second-order valence-electron chi connectivity index (χ2n) is 4.88. The van der Waals surface area contributed by atoms with Crippen molar-refractivity contribution in [3.8, 4) is 23.8 Å². The summed E-state index contributed by atoms with van der Waals surface area (Å²) in [6.07, 6.45) is 7.57. The van der Waals surface area contributed by atoms with E-state index in [0.717, 1.165) is 6.20 Å². The number of carbonyl (C=O) groups excluding carboxylic acids is 1. The van der Waals surface area contributed by atoms with Crippen LogP contribution in [0.25, 0.3) is 0 Å². The van der Waals surface area contributed by atoms with Crippen molar-refractivity contribution in [2.24, 2.45) is 5.10 Å². The molecule has 0 spiro atoms. The molecule has 138 valence electrons. The van der Waals surface area contributed by atoms with E-state index in [2.05, 4.69) is 37.4 Å². The van der Waals surface area contributed by atoms with Gasteiger partial charge in [0.25, 0.3) is 11.6 Å². The van der Waals surface area contributed by atoms with Gasteiger partial charge in [0.2, 0.25) is 0 Å². The van der Waals surface area contributed by atoms with E-state index in [1.54, 1.807) is 12.1 Å². The predicted octanol–water partition coefficient (Wildman–Crippen LogP) is 2.54. The van der Waals surface area contributed by atoms with Gasteiger partial charge in [0.15, 0.2) is 11.5 Å². The molecular formula is C17H13BrN4O5. The van der Waals surface area contributed by atoms with Crippen molar-refractivity contribution in [1.82, 2.24) is 10.4 Å². The molecule has 0 saturated heterocycles. The van der Waals surface area contributed by atoms with Crippen molar-refractivity contribution in [2.75, 3.05) is 13.7 Å². The molecule has 9 nitrogen and oxygen atoms in total. The number of amides is 1. The Labute approximate surface area is 162 Å². The highest BCUT2D eigenvalue weighted by molar-refractivity contribution is 9.10. The summed E-state index contributed by atoms with van der Waals surface area (Å²) in [4.78, 5) is 25.6. The van der Waals surface area contributed by atoms with E-state index >= 15 is 0 Å². The summed E-state index contributed by atoms with van der Waals surface area (Å²) in [5.41, 5.74) is 2.69. The number of terminal acetylenes is 1. The van der Waals surface area contributed by atoms with Gasteiger partial charge >= 0.3 is 0 Å². The number of methoxy groups -OCH3 is 1. The minimum absolute atomic E-state index is 0.00505. The van der Waals surface area contributed by atoms with Crippen LogP contribution in [-0.2, 0) is 0 Å². The maximum atomic E-state index is 11.9. The Morgan fingerprint density at radius 3 is 2.89 bits per heavy atom. The maximum absolute atomic E-state index is 11.9. The molecule has 1 N–H and O–H groups in total. The Balaban J connectivity index is 2.09. The number of hydrogen-bond donors (Lipinski definition) is 1. The summed E-state index contributed by atoms with van der Waals surface area (Å²) in [5.74, 6) is 2.64. The Morgan fingerprint density at radius 2 is 2.30 bits per heavy atom. The molecule has 27 heavy (non-hydrogen) atoms. The van der Waals surface area contributed by atoms with Gasteiger partial charge in [-0.25, -0.2) is 10.4 Å². The number of hydrogen-bond acceptors (Lipinski definition) is 7. The van der Waals surface area contributed by atoms with Crippen molar-refractivity contribution < 1.29 is 19.2 Å². The largest absolute Gasteiger partial charge is 0.493 e. The molecule has 0 radical (unpaired) electrons. The summed E-state index contributed by atoms with van der Waals surface area (Å²) in [7, 11) is 1.48. The number of nitrogens with zero attached hydrogens (tertiary/aromatic N) is 3. The summed E-state index contributed by atoms with van der Waals surface area (Å²) in [5, 5.41) is 14.4. The van der Waals surface area contributed by atoms with Crippen LogP contribution >= 0.6 is 15.9 Å². The van der Waals surface area contributed by atoms with E-state index < -0.39 is 10.8 Å². The Morgan fingerprint density at radius 1 is 1.52 bits per heavy atom. The first-order valence-electron chi connectivity index (χ1n) is 7.34. The van der Waals surface area contributed by atoms with Gasteiger partial charge in [-0.3, -0.25) is 14.9 Å². The fourth-order valence-electron chi connectivity index (χ4n) is 1.92. The summed E-state index contributed by atoms with van der Waals surface area (Å²) in [6.45, 7) is 0.0840.